The Morgan fingerprint density at radius 3 is 2.72 bits per heavy atom. The maximum Gasteiger partial charge on any atom is 0.227 e. The molecule has 3 rings (SSSR count). The lowest BCUT2D eigenvalue weighted by Gasteiger charge is -2.18. The van der Waals surface area contributed by atoms with Crippen molar-refractivity contribution < 1.29 is 4.79 Å². The van der Waals surface area contributed by atoms with E-state index in [1.54, 1.807) is 0 Å². The van der Waals surface area contributed by atoms with Gasteiger partial charge in [-0.15, -0.1) is 0 Å². The van der Waals surface area contributed by atoms with Crippen LogP contribution in [0.5, 0.6) is 0 Å². The summed E-state index contributed by atoms with van der Waals surface area (Å²) >= 11 is 1.96. The van der Waals surface area contributed by atoms with E-state index in [1.165, 1.54) is 24.8 Å². The van der Waals surface area contributed by atoms with E-state index in [0.29, 0.717) is 12.5 Å². The molecule has 2 unspecified atom stereocenters. The van der Waals surface area contributed by atoms with Crippen molar-refractivity contribution in [1.82, 2.24) is 10.6 Å². The van der Waals surface area contributed by atoms with Crippen LogP contribution in [0.25, 0.3) is 0 Å². The maximum atomic E-state index is 11.8. The van der Waals surface area contributed by atoms with Crippen molar-refractivity contribution in [2.45, 2.75) is 49.9 Å². The minimum Gasteiger partial charge on any atom is -0.354 e. The van der Waals surface area contributed by atoms with E-state index in [4.69, 9.17) is 0 Å². The SMILES string of the molecule is CN=C(NCc1ccc(N2CCCC2=O)cc1)NC1CCC(SC)C1. The number of anilines is 1. The first-order chi connectivity index (χ1) is 12.2. The van der Waals surface area contributed by atoms with Gasteiger partial charge in [-0.1, -0.05) is 12.1 Å². The van der Waals surface area contributed by atoms with Crippen molar-refractivity contribution in [3.05, 3.63) is 29.8 Å². The number of rotatable bonds is 5. The third kappa shape index (κ3) is 4.69. The summed E-state index contributed by atoms with van der Waals surface area (Å²) in [6, 6.07) is 8.76. The van der Waals surface area contributed by atoms with E-state index in [9.17, 15) is 4.79 Å². The van der Waals surface area contributed by atoms with E-state index in [-0.39, 0.29) is 5.91 Å². The number of carbonyl (C=O) groups is 1. The van der Waals surface area contributed by atoms with E-state index in [1.807, 2.05) is 35.8 Å². The zero-order valence-corrected chi connectivity index (χ0v) is 15.9. The molecule has 1 aliphatic heterocycles. The number of aliphatic imine (C=N–C) groups is 1. The van der Waals surface area contributed by atoms with Crippen LogP contribution in [0.4, 0.5) is 5.69 Å². The van der Waals surface area contributed by atoms with Gasteiger partial charge in [0.05, 0.1) is 0 Å². The predicted octanol–water partition coefficient (Wildman–Crippen LogP) is 2.76. The minimum absolute atomic E-state index is 0.232. The molecule has 2 atom stereocenters. The van der Waals surface area contributed by atoms with E-state index in [2.05, 4.69) is 34.0 Å². The molecule has 1 aromatic carbocycles. The molecule has 1 amide bonds. The monoisotopic (exact) mass is 360 g/mol. The highest BCUT2D eigenvalue weighted by molar-refractivity contribution is 7.99. The molecule has 1 saturated heterocycles. The van der Waals surface area contributed by atoms with Gasteiger partial charge in [0.15, 0.2) is 5.96 Å². The van der Waals surface area contributed by atoms with Gasteiger partial charge >= 0.3 is 0 Å². The van der Waals surface area contributed by atoms with Crippen LogP contribution in [-0.2, 0) is 11.3 Å². The van der Waals surface area contributed by atoms with Gasteiger partial charge in [0, 0.05) is 43.5 Å². The van der Waals surface area contributed by atoms with Gasteiger partial charge in [0.25, 0.3) is 0 Å². The summed E-state index contributed by atoms with van der Waals surface area (Å²) in [5, 5.41) is 7.70. The molecule has 5 nitrogen and oxygen atoms in total. The van der Waals surface area contributed by atoms with Crippen LogP contribution in [0.1, 0.15) is 37.7 Å². The average Bonchev–Trinajstić information content (AvgIpc) is 3.27. The first kappa shape index (κ1) is 18.1. The second-order valence-corrected chi connectivity index (χ2v) is 7.89. The van der Waals surface area contributed by atoms with Crippen molar-refractivity contribution in [2.75, 3.05) is 24.7 Å². The second-order valence-electron chi connectivity index (χ2n) is 6.75. The molecular formula is C19H28N4OS. The highest BCUT2D eigenvalue weighted by Gasteiger charge is 2.24. The fourth-order valence-electron chi connectivity index (χ4n) is 3.57. The molecule has 2 N–H and O–H groups in total. The fourth-order valence-corrected chi connectivity index (χ4v) is 4.37. The lowest BCUT2D eigenvalue weighted by atomic mass is 10.2. The Kier molecular flexibility index (Phi) is 6.24. The zero-order valence-electron chi connectivity index (χ0n) is 15.1. The lowest BCUT2D eigenvalue weighted by Crippen LogP contribution is -2.42. The van der Waals surface area contributed by atoms with Crippen LogP contribution in [0, 0.1) is 0 Å². The Bertz CT molecular complexity index is 616. The number of benzene rings is 1. The highest BCUT2D eigenvalue weighted by Crippen LogP contribution is 2.28. The molecule has 1 saturated carbocycles. The van der Waals surface area contributed by atoms with E-state index >= 15 is 0 Å². The molecule has 136 valence electrons. The number of hydrogen-bond acceptors (Lipinski definition) is 3. The largest absolute Gasteiger partial charge is 0.354 e. The number of amides is 1. The fraction of sp³-hybridized carbons (Fsp3) is 0.579. The Balaban J connectivity index is 1.49. The van der Waals surface area contributed by atoms with Crippen LogP contribution in [0.15, 0.2) is 29.3 Å². The third-order valence-corrected chi connectivity index (χ3v) is 6.16. The van der Waals surface area contributed by atoms with E-state index in [0.717, 1.165) is 36.4 Å². The van der Waals surface area contributed by atoms with Crippen LogP contribution in [0.3, 0.4) is 0 Å². The summed E-state index contributed by atoms with van der Waals surface area (Å²) in [7, 11) is 1.82. The van der Waals surface area contributed by atoms with Crippen molar-refractivity contribution in [3.8, 4) is 0 Å². The Hall–Kier alpha value is -1.69. The van der Waals surface area contributed by atoms with Crippen molar-refractivity contribution in [1.29, 1.82) is 0 Å². The van der Waals surface area contributed by atoms with E-state index < -0.39 is 0 Å². The summed E-state index contributed by atoms with van der Waals surface area (Å²) in [4.78, 5) is 18.0. The first-order valence-electron chi connectivity index (χ1n) is 9.09. The van der Waals surface area contributed by atoms with Gasteiger partial charge in [0.1, 0.15) is 0 Å². The molecule has 0 bridgehead atoms. The second kappa shape index (κ2) is 8.61. The summed E-state index contributed by atoms with van der Waals surface area (Å²) in [6.07, 6.45) is 7.53. The summed E-state index contributed by atoms with van der Waals surface area (Å²) < 4.78 is 0. The molecule has 6 heteroatoms. The number of guanidine groups is 1. The highest BCUT2D eigenvalue weighted by atomic mass is 32.2. The molecule has 25 heavy (non-hydrogen) atoms. The molecule has 1 heterocycles. The third-order valence-electron chi connectivity index (χ3n) is 5.06. The van der Waals surface area contributed by atoms with Gasteiger partial charge < -0.3 is 15.5 Å². The van der Waals surface area contributed by atoms with Crippen molar-refractivity contribution in [2.24, 2.45) is 4.99 Å². The van der Waals surface area contributed by atoms with Crippen LogP contribution >= 0.6 is 11.8 Å². The van der Waals surface area contributed by atoms with Gasteiger partial charge in [0.2, 0.25) is 5.91 Å². The first-order valence-corrected chi connectivity index (χ1v) is 10.4. The van der Waals surface area contributed by atoms with Crippen LogP contribution in [-0.4, -0.2) is 43.0 Å². The average molecular weight is 361 g/mol. The van der Waals surface area contributed by atoms with Crippen LogP contribution in [0.2, 0.25) is 0 Å². The van der Waals surface area contributed by atoms with Crippen molar-refractivity contribution >= 4 is 29.3 Å². The number of nitrogens with zero attached hydrogens (tertiary/aromatic N) is 2. The Morgan fingerprint density at radius 2 is 2.12 bits per heavy atom. The number of thioether (sulfide) groups is 1. The normalized spacial score (nSPS) is 24.0. The Morgan fingerprint density at radius 1 is 1.32 bits per heavy atom. The van der Waals surface area contributed by atoms with Crippen molar-refractivity contribution in [3.63, 3.8) is 0 Å². The molecule has 2 fully saturated rings. The smallest absolute Gasteiger partial charge is 0.227 e. The van der Waals surface area contributed by atoms with Gasteiger partial charge in [-0.25, -0.2) is 0 Å². The van der Waals surface area contributed by atoms with Crippen LogP contribution < -0.4 is 15.5 Å². The summed E-state index contributed by atoms with van der Waals surface area (Å²) in [5.74, 6) is 1.10. The zero-order chi connectivity index (χ0) is 17.6. The molecule has 0 spiro atoms. The molecule has 2 aliphatic rings. The molecule has 0 aromatic heterocycles. The maximum absolute atomic E-state index is 11.8. The number of nitrogens with one attached hydrogen (secondary N) is 2. The lowest BCUT2D eigenvalue weighted by molar-refractivity contribution is -0.117. The molecule has 1 aliphatic carbocycles. The number of carbonyl (C=O) groups excluding carboxylic acids is 1. The standard InChI is InChI=1S/C19H28N4OS/c1-20-19(22-15-7-10-17(12-15)25-2)21-13-14-5-8-16(9-6-14)23-11-3-4-18(23)24/h5-6,8-9,15,17H,3-4,7,10-13H2,1-2H3,(H2,20,21,22). The topological polar surface area (TPSA) is 56.7 Å². The number of hydrogen-bond donors (Lipinski definition) is 2. The molecular weight excluding hydrogens is 332 g/mol. The van der Waals surface area contributed by atoms with Gasteiger partial charge in [-0.2, -0.15) is 11.8 Å². The molecule has 0 radical (unpaired) electrons. The molecule has 1 aromatic rings. The Labute approximate surface area is 154 Å². The summed E-state index contributed by atoms with van der Waals surface area (Å²) in [5.41, 5.74) is 2.19. The summed E-state index contributed by atoms with van der Waals surface area (Å²) in [6.45, 7) is 1.57. The van der Waals surface area contributed by atoms with Gasteiger partial charge in [-0.3, -0.25) is 9.79 Å². The minimum atomic E-state index is 0.232. The predicted molar refractivity (Wildman–Crippen MR) is 106 cm³/mol. The quantitative estimate of drug-likeness (QED) is 0.626. The van der Waals surface area contributed by atoms with Gasteiger partial charge in [-0.05, 0) is 49.6 Å².